The first kappa shape index (κ1) is 16.9. The molecule has 1 N–H and O–H groups in total. The lowest BCUT2D eigenvalue weighted by Crippen LogP contribution is -2.27. The second kappa shape index (κ2) is 8.90. The van der Waals surface area contributed by atoms with Gasteiger partial charge in [-0.3, -0.25) is 0 Å². The summed E-state index contributed by atoms with van der Waals surface area (Å²) in [6.07, 6.45) is 4.43. The van der Waals surface area contributed by atoms with E-state index in [2.05, 4.69) is 49.8 Å². The second-order valence-electron chi connectivity index (χ2n) is 5.43. The maximum atomic E-state index is 4.77. The summed E-state index contributed by atoms with van der Waals surface area (Å²) in [5.41, 5.74) is 2.31. The van der Waals surface area contributed by atoms with Crippen LogP contribution < -0.4 is 10.2 Å². The molecule has 0 fully saturated rings. The number of unbranched alkanes of at least 4 members (excludes halogenated alkanes) is 1. The first-order valence-corrected chi connectivity index (χ1v) is 7.95. The molecule has 1 aromatic heterocycles. The minimum atomic E-state index is 0.371. The Morgan fingerprint density at radius 1 is 1.25 bits per heavy atom. The fraction of sp³-hybridized carbons (Fsp3) is 0.750. The fourth-order valence-electron chi connectivity index (χ4n) is 2.14. The molecule has 0 bridgehead atoms. The Hall–Kier alpha value is -1.16. The van der Waals surface area contributed by atoms with E-state index in [-0.39, 0.29) is 0 Å². The van der Waals surface area contributed by atoms with E-state index in [4.69, 9.17) is 4.98 Å². The zero-order valence-electron chi connectivity index (χ0n) is 13.7. The molecule has 4 heteroatoms. The highest BCUT2D eigenvalue weighted by Gasteiger charge is 2.14. The third-order valence-electron chi connectivity index (χ3n) is 3.43. The minimum Gasteiger partial charge on any atom is -0.369 e. The van der Waals surface area contributed by atoms with Crippen LogP contribution in [0.1, 0.15) is 64.9 Å². The molecule has 1 rings (SSSR count). The molecule has 114 valence electrons. The summed E-state index contributed by atoms with van der Waals surface area (Å²) in [6, 6.07) is 0. The van der Waals surface area contributed by atoms with Gasteiger partial charge in [-0.15, -0.1) is 0 Å². The lowest BCUT2D eigenvalue weighted by molar-refractivity contribution is 0.670. The summed E-state index contributed by atoms with van der Waals surface area (Å²) < 4.78 is 0. The van der Waals surface area contributed by atoms with E-state index in [1.165, 1.54) is 18.5 Å². The molecule has 0 aliphatic carbocycles. The predicted molar refractivity (Wildman–Crippen MR) is 86.3 cm³/mol. The molecule has 20 heavy (non-hydrogen) atoms. The van der Waals surface area contributed by atoms with Crippen LogP contribution >= 0.6 is 0 Å². The molecule has 0 atom stereocenters. The van der Waals surface area contributed by atoms with Crippen molar-refractivity contribution in [2.75, 3.05) is 24.5 Å². The smallest absolute Gasteiger partial charge is 0.131 e. The Morgan fingerprint density at radius 2 is 2.00 bits per heavy atom. The van der Waals surface area contributed by atoms with Gasteiger partial charge in [0.2, 0.25) is 0 Å². The highest BCUT2D eigenvalue weighted by atomic mass is 15.1. The van der Waals surface area contributed by atoms with E-state index in [0.29, 0.717) is 5.92 Å². The van der Waals surface area contributed by atoms with Crippen LogP contribution in [-0.4, -0.2) is 29.6 Å². The third-order valence-corrected chi connectivity index (χ3v) is 3.43. The Kier molecular flexibility index (Phi) is 7.52. The van der Waals surface area contributed by atoms with E-state index in [1.54, 1.807) is 0 Å². The molecule has 0 amide bonds. The standard InChI is InChI=1S/C16H30N4/c1-6-9-10-20(8-3)15-12-18-16(13(4)5)19-14(15)11-17-7-2/h12-13,17H,6-11H2,1-5H3. The highest BCUT2D eigenvalue weighted by molar-refractivity contribution is 5.49. The van der Waals surface area contributed by atoms with Crippen LogP contribution in [0.3, 0.4) is 0 Å². The molecule has 1 aromatic rings. The molecule has 0 aliphatic rings. The van der Waals surface area contributed by atoms with Gasteiger partial charge in [-0.1, -0.05) is 34.1 Å². The van der Waals surface area contributed by atoms with Crippen LogP contribution in [0.15, 0.2) is 6.20 Å². The molecular formula is C16H30N4. The topological polar surface area (TPSA) is 41.1 Å². The van der Waals surface area contributed by atoms with Crippen LogP contribution in [0.4, 0.5) is 5.69 Å². The van der Waals surface area contributed by atoms with Gasteiger partial charge in [0.15, 0.2) is 0 Å². The van der Waals surface area contributed by atoms with Crippen molar-refractivity contribution in [1.82, 2.24) is 15.3 Å². The van der Waals surface area contributed by atoms with Crippen molar-refractivity contribution in [1.29, 1.82) is 0 Å². The summed E-state index contributed by atoms with van der Waals surface area (Å²) in [4.78, 5) is 11.7. The van der Waals surface area contributed by atoms with Crippen LogP contribution in [0.25, 0.3) is 0 Å². The van der Waals surface area contributed by atoms with Gasteiger partial charge in [0, 0.05) is 25.6 Å². The van der Waals surface area contributed by atoms with Gasteiger partial charge in [-0.2, -0.15) is 0 Å². The Labute approximate surface area is 124 Å². The SMILES string of the molecule is CCCCN(CC)c1cnc(C(C)C)nc1CNCC. The van der Waals surface area contributed by atoms with Crippen molar-refractivity contribution < 1.29 is 0 Å². The Morgan fingerprint density at radius 3 is 2.55 bits per heavy atom. The molecular weight excluding hydrogens is 248 g/mol. The minimum absolute atomic E-state index is 0.371. The zero-order chi connectivity index (χ0) is 15.0. The van der Waals surface area contributed by atoms with E-state index in [9.17, 15) is 0 Å². The summed E-state index contributed by atoms with van der Waals surface area (Å²) in [6.45, 7) is 14.7. The molecule has 4 nitrogen and oxygen atoms in total. The van der Waals surface area contributed by atoms with Crippen LogP contribution in [-0.2, 0) is 6.54 Å². The molecule has 1 heterocycles. The number of nitrogens with zero attached hydrogens (tertiary/aromatic N) is 3. The van der Waals surface area contributed by atoms with E-state index >= 15 is 0 Å². The summed E-state index contributed by atoms with van der Waals surface area (Å²) >= 11 is 0. The van der Waals surface area contributed by atoms with Crippen molar-refractivity contribution in [3.63, 3.8) is 0 Å². The summed E-state index contributed by atoms with van der Waals surface area (Å²) in [5, 5.41) is 3.39. The van der Waals surface area contributed by atoms with Gasteiger partial charge in [-0.25, -0.2) is 9.97 Å². The van der Waals surface area contributed by atoms with Gasteiger partial charge < -0.3 is 10.2 Å². The van der Waals surface area contributed by atoms with Crippen LogP contribution in [0, 0.1) is 0 Å². The average molecular weight is 278 g/mol. The van der Waals surface area contributed by atoms with Crippen molar-refractivity contribution in [3.8, 4) is 0 Å². The van der Waals surface area contributed by atoms with Crippen molar-refractivity contribution in [2.45, 2.75) is 59.9 Å². The quantitative estimate of drug-likeness (QED) is 0.752. The van der Waals surface area contributed by atoms with Crippen molar-refractivity contribution in [2.24, 2.45) is 0 Å². The maximum absolute atomic E-state index is 4.77. The Bertz CT molecular complexity index is 390. The van der Waals surface area contributed by atoms with Gasteiger partial charge in [0.1, 0.15) is 5.82 Å². The summed E-state index contributed by atoms with van der Waals surface area (Å²) in [5.74, 6) is 1.31. The number of rotatable bonds is 9. The van der Waals surface area contributed by atoms with E-state index < -0.39 is 0 Å². The number of hydrogen-bond donors (Lipinski definition) is 1. The predicted octanol–water partition coefficient (Wildman–Crippen LogP) is 3.34. The van der Waals surface area contributed by atoms with Gasteiger partial charge in [0.25, 0.3) is 0 Å². The molecule has 0 radical (unpaired) electrons. The fourth-order valence-corrected chi connectivity index (χ4v) is 2.14. The van der Waals surface area contributed by atoms with Crippen molar-refractivity contribution >= 4 is 5.69 Å². The largest absolute Gasteiger partial charge is 0.369 e. The number of hydrogen-bond acceptors (Lipinski definition) is 4. The first-order chi connectivity index (χ1) is 9.63. The molecule has 0 spiro atoms. The highest BCUT2D eigenvalue weighted by Crippen LogP contribution is 2.21. The third kappa shape index (κ3) is 4.75. The van der Waals surface area contributed by atoms with Gasteiger partial charge in [0.05, 0.1) is 17.6 Å². The van der Waals surface area contributed by atoms with E-state index in [0.717, 1.165) is 37.7 Å². The van der Waals surface area contributed by atoms with Gasteiger partial charge in [-0.05, 0) is 19.9 Å². The van der Waals surface area contributed by atoms with Gasteiger partial charge >= 0.3 is 0 Å². The maximum Gasteiger partial charge on any atom is 0.131 e. The summed E-state index contributed by atoms with van der Waals surface area (Å²) in [7, 11) is 0. The molecule has 0 aliphatic heterocycles. The molecule has 0 saturated carbocycles. The monoisotopic (exact) mass is 278 g/mol. The van der Waals surface area contributed by atoms with Crippen LogP contribution in [0.2, 0.25) is 0 Å². The molecule has 0 saturated heterocycles. The Balaban J connectivity index is 3.01. The first-order valence-electron chi connectivity index (χ1n) is 7.95. The molecule has 0 aromatic carbocycles. The average Bonchev–Trinajstić information content (AvgIpc) is 2.46. The lowest BCUT2D eigenvalue weighted by atomic mass is 10.2. The molecule has 0 unspecified atom stereocenters. The number of anilines is 1. The lowest BCUT2D eigenvalue weighted by Gasteiger charge is -2.25. The second-order valence-corrected chi connectivity index (χ2v) is 5.43. The van der Waals surface area contributed by atoms with Crippen molar-refractivity contribution in [3.05, 3.63) is 17.7 Å². The van der Waals surface area contributed by atoms with Crippen LogP contribution in [0.5, 0.6) is 0 Å². The van der Waals surface area contributed by atoms with E-state index in [1.807, 2.05) is 6.20 Å². The normalized spacial score (nSPS) is 11.1. The number of aromatic nitrogens is 2. The number of nitrogens with one attached hydrogen (secondary N) is 1. The zero-order valence-corrected chi connectivity index (χ0v) is 13.7.